The van der Waals surface area contributed by atoms with Crippen molar-refractivity contribution in [1.82, 2.24) is 19.4 Å². The molecule has 3 aromatic carbocycles. The van der Waals surface area contributed by atoms with Crippen LogP contribution in [0.15, 0.2) is 91.3 Å². The Morgan fingerprint density at radius 3 is 2.45 bits per heavy atom. The molecule has 3 fully saturated rings. The van der Waals surface area contributed by atoms with Crippen molar-refractivity contribution < 1.29 is 14.3 Å². The first-order chi connectivity index (χ1) is 25.7. The lowest BCUT2D eigenvalue weighted by atomic mass is 9.59. The highest BCUT2D eigenvalue weighted by molar-refractivity contribution is 5.98. The maximum atomic E-state index is 12.6. The van der Waals surface area contributed by atoms with Crippen molar-refractivity contribution in [3.63, 3.8) is 0 Å². The topological polar surface area (TPSA) is 89.1 Å². The highest BCUT2D eigenvalue weighted by Gasteiger charge is 2.50. The summed E-state index contributed by atoms with van der Waals surface area (Å²) in [5, 5.41) is 0. The number of carbonyl (C=O) groups excluding carboxylic acids is 1. The molecule has 0 bridgehead atoms. The van der Waals surface area contributed by atoms with Gasteiger partial charge in [-0.2, -0.15) is 0 Å². The fourth-order valence-electron chi connectivity index (χ4n) is 9.21. The summed E-state index contributed by atoms with van der Waals surface area (Å²) in [6, 6.07) is 28.3. The summed E-state index contributed by atoms with van der Waals surface area (Å²) in [6.07, 6.45) is 8.39. The second-order valence-electron chi connectivity index (χ2n) is 15.8. The second-order valence-corrected chi connectivity index (χ2v) is 15.8. The summed E-state index contributed by atoms with van der Waals surface area (Å²) >= 11 is 0. The zero-order chi connectivity index (χ0) is 36.7. The number of amides is 1. The number of para-hydroxylation sites is 1. The Bertz CT molecular complexity index is 2070. The summed E-state index contributed by atoms with van der Waals surface area (Å²) in [6.45, 7) is 10.6. The fraction of sp³-hybridized carbons (Fsp3) is 0.409. The van der Waals surface area contributed by atoms with E-state index in [9.17, 15) is 4.79 Å². The van der Waals surface area contributed by atoms with Crippen LogP contribution in [0.2, 0.25) is 0 Å². The van der Waals surface area contributed by atoms with Crippen LogP contribution in [0.3, 0.4) is 0 Å². The van der Waals surface area contributed by atoms with E-state index in [1.807, 2.05) is 36.0 Å². The first-order valence-electron chi connectivity index (χ1n) is 19.2. The maximum absolute atomic E-state index is 12.6. The monoisotopic (exact) mass is 712 g/mol. The number of anilines is 1. The lowest BCUT2D eigenvalue weighted by Gasteiger charge is -2.58. The van der Waals surface area contributed by atoms with Gasteiger partial charge in [-0.3, -0.25) is 19.6 Å². The van der Waals surface area contributed by atoms with Crippen LogP contribution in [0.1, 0.15) is 78.5 Å². The van der Waals surface area contributed by atoms with Gasteiger partial charge >= 0.3 is 0 Å². The van der Waals surface area contributed by atoms with Crippen molar-refractivity contribution in [2.75, 3.05) is 44.7 Å². The van der Waals surface area contributed by atoms with Crippen molar-refractivity contribution in [3.8, 4) is 17.2 Å². The van der Waals surface area contributed by atoms with Crippen molar-refractivity contribution in [1.29, 1.82) is 0 Å². The number of ether oxygens (including phenoxy) is 2. The van der Waals surface area contributed by atoms with Gasteiger partial charge in [-0.15, -0.1) is 0 Å². The van der Waals surface area contributed by atoms with Gasteiger partial charge in [-0.1, -0.05) is 56.3 Å². The minimum absolute atomic E-state index is 0.341. The van der Waals surface area contributed by atoms with Gasteiger partial charge in [0.15, 0.2) is 5.75 Å². The Balaban J connectivity index is 0.973. The number of nitrogens with zero attached hydrogens (tertiary/aromatic N) is 5. The van der Waals surface area contributed by atoms with Gasteiger partial charge in [0, 0.05) is 70.7 Å². The molecule has 1 aliphatic carbocycles. The molecule has 1 atom stereocenters. The molecule has 53 heavy (non-hydrogen) atoms. The van der Waals surface area contributed by atoms with Gasteiger partial charge in [0.2, 0.25) is 0 Å². The Kier molecular flexibility index (Phi) is 9.64. The third-order valence-electron chi connectivity index (χ3n) is 12.2. The molecule has 4 heterocycles. The van der Waals surface area contributed by atoms with Crippen LogP contribution in [0.25, 0.3) is 11.0 Å². The fourth-order valence-corrected chi connectivity index (χ4v) is 9.21. The predicted octanol–water partition coefficient (Wildman–Crippen LogP) is 7.90. The van der Waals surface area contributed by atoms with Gasteiger partial charge in [0.05, 0.1) is 35.6 Å². The molecule has 3 aliphatic rings. The number of rotatable bonds is 10. The Morgan fingerprint density at radius 1 is 0.943 bits per heavy atom. The largest absolute Gasteiger partial charge is 0.497 e. The van der Waals surface area contributed by atoms with E-state index in [4.69, 9.17) is 15.2 Å². The van der Waals surface area contributed by atoms with Crippen LogP contribution in [0, 0.1) is 5.41 Å². The summed E-state index contributed by atoms with van der Waals surface area (Å²) < 4.78 is 13.9. The van der Waals surface area contributed by atoms with Gasteiger partial charge in [-0.25, -0.2) is 0 Å². The minimum Gasteiger partial charge on any atom is -0.497 e. The molecule has 2 N–H and O–H groups in total. The molecule has 2 aromatic heterocycles. The van der Waals surface area contributed by atoms with E-state index >= 15 is 0 Å². The van der Waals surface area contributed by atoms with E-state index < -0.39 is 5.91 Å². The molecule has 2 aliphatic heterocycles. The number of methoxy groups -OCH3 is 1. The van der Waals surface area contributed by atoms with Crippen LogP contribution in [-0.2, 0) is 13.6 Å². The molecule has 5 aromatic rings. The molecule has 8 rings (SSSR count). The second kappa shape index (κ2) is 14.5. The molecule has 2 saturated heterocycles. The van der Waals surface area contributed by atoms with E-state index in [-0.39, 0.29) is 0 Å². The summed E-state index contributed by atoms with van der Waals surface area (Å²) in [5.41, 5.74) is 13.7. The smallest absolute Gasteiger partial charge is 0.252 e. The zero-order valence-corrected chi connectivity index (χ0v) is 31.5. The lowest BCUT2D eigenvalue weighted by molar-refractivity contribution is -0.0628. The Labute approximate surface area is 313 Å². The highest BCUT2D eigenvalue weighted by Crippen LogP contribution is 2.54. The molecule has 1 spiro atoms. The van der Waals surface area contributed by atoms with Crippen LogP contribution in [-0.4, -0.2) is 71.1 Å². The molecule has 9 nitrogen and oxygen atoms in total. The normalized spacial score (nSPS) is 19.5. The molecule has 1 unspecified atom stereocenters. The number of aryl methyl sites for hydroxylation is 1. The molecule has 276 valence electrons. The van der Waals surface area contributed by atoms with Crippen LogP contribution in [0.4, 0.5) is 5.69 Å². The third-order valence-corrected chi connectivity index (χ3v) is 12.2. The van der Waals surface area contributed by atoms with Gasteiger partial charge < -0.3 is 24.7 Å². The number of piperidine rings is 1. The summed E-state index contributed by atoms with van der Waals surface area (Å²) in [5.74, 6) is 1.97. The maximum Gasteiger partial charge on any atom is 0.252 e. The molecular weight excluding hydrogens is 661 g/mol. The SMILES string of the molecule is COc1ccc(CN2CCN(C3CC4(CCN(c5cccc(C(N)=O)c5Oc5cnc6ccn(C)c6c5)CC4)C3)C(c3ccccc3C(C)C)C2)cc1. The van der Waals surface area contributed by atoms with Gasteiger partial charge in [0.1, 0.15) is 11.5 Å². The summed E-state index contributed by atoms with van der Waals surface area (Å²) in [7, 11) is 3.71. The van der Waals surface area contributed by atoms with E-state index in [1.165, 1.54) is 29.5 Å². The van der Waals surface area contributed by atoms with Crippen LogP contribution < -0.4 is 20.1 Å². The minimum atomic E-state index is -0.497. The number of carbonyl (C=O) groups is 1. The van der Waals surface area contributed by atoms with Gasteiger partial charge in [-0.05, 0) is 84.0 Å². The number of piperazine rings is 1. The van der Waals surface area contributed by atoms with Crippen LogP contribution >= 0.6 is 0 Å². The zero-order valence-electron chi connectivity index (χ0n) is 31.5. The molecular formula is C44H52N6O3. The summed E-state index contributed by atoms with van der Waals surface area (Å²) in [4.78, 5) is 25.1. The van der Waals surface area contributed by atoms with Crippen molar-refractivity contribution >= 4 is 22.6 Å². The van der Waals surface area contributed by atoms with E-state index in [0.717, 1.165) is 74.6 Å². The number of pyridine rings is 1. The van der Waals surface area contributed by atoms with Crippen molar-refractivity contribution in [3.05, 3.63) is 114 Å². The molecule has 1 amide bonds. The first kappa shape index (κ1) is 35.2. The molecule has 1 saturated carbocycles. The van der Waals surface area contributed by atoms with E-state index in [0.29, 0.717) is 40.5 Å². The van der Waals surface area contributed by atoms with E-state index in [2.05, 4.69) is 88.1 Å². The number of primary amides is 1. The van der Waals surface area contributed by atoms with Crippen molar-refractivity contribution in [2.24, 2.45) is 18.2 Å². The quantitative estimate of drug-likeness (QED) is 0.158. The standard InChI is InChI=1S/C44H52N6O3/c1-30(2)35-8-5-6-9-36(35)41-29-48(28-31-12-14-33(52-4)15-13-31)22-23-50(41)32-25-44(26-32)17-20-49(21-18-44)39-11-7-10-37(43(45)51)42(39)53-34-24-40-38(46-27-34)16-19-47(40)3/h5-16,19,24,27,30,32,41H,17-18,20-23,25-26,28-29H2,1-4H3,(H2,45,51). The average Bonchev–Trinajstić information content (AvgIpc) is 3.53. The Morgan fingerprint density at radius 2 is 1.72 bits per heavy atom. The Hall–Kier alpha value is -4.86. The average molecular weight is 713 g/mol. The number of benzene rings is 3. The number of hydrogen-bond donors (Lipinski definition) is 1. The first-order valence-corrected chi connectivity index (χ1v) is 19.2. The third kappa shape index (κ3) is 7.00. The lowest BCUT2D eigenvalue weighted by Crippen LogP contribution is -2.60. The highest BCUT2D eigenvalue weighted by atomic mass is 16.5. The molecule has 9 heteroatoms. The predicted molar refractivity (Wildman–Crippen MR) is 211 cm³/mol. The number of fused-ring (bicyclic) bond motifs is 1. The molecule has 0 radical (unpaired) electrons. The van der Waals surface area contributed by atoms with E-state index in [1.54, 1.807) is 19.4 Å². The van der Waals surface area contributed by atoms with Gasteiger partial charge in [0.25, 0.3) is 5.91 Å². The number of hydrogen-bond acceptors (Lipinski definition) is 7. The van der Waals surface area contributed by atoms with Crippen molar-refractivity contribution in [2.45, 2.75) is 64.1 Å². The number of nitrogens with two attached hydrogens (primary N) is 1. The number of aromatic nitrogens is 2. The van der Waals surface area contributed by atoms with Crippen LogP contribution in [0.5, 0.6) is 17.2 Å².